The zero-order valence-corrected chi connectivity index (χ0v) is 11.3. The molecule has 0 radical (unpaired) electrons. The van der Waals surface area contributed by atoms with Gasteiger partial charge in [0.15, 0.2) is 0 Å². The fourth-order valence-electron chi connectivity index (χ4n) is 1.91. The van der Waals surface area contributed by atoms with Gasteiger partial charge < -0.3 is 9.63 Å². The normalized spacial score (nSPS) is 11.5. The molecule has 0 unspecified atom stereocenters. The summed E-state index contributed by atoms with van der Waals surface area (Å²) in [5.41, 5.74) is 3.38. The van der Waals surface area contributed by atoms with E-state index in [1.807, 2.05) is 24.3 Å². The SMILES string of the molecule is CC(C)(C)c1ccc(-c2nocc2CC(=O)O)cc1. The Balaban J connectivity index is 2.33. The molecular weight excluding hydrogens is 242 g/mol. The maximum absolute atomic E-state index is 10.8. The molecule has 4 heteroatoms. The van der Waals surface area contributed by atoms with Crippen LogP contribution < -0.4 is 0 Å². The van der Waals surface area contributed by atoms with E-state index < -0.39 is 5.97 Å². The Bertz CT molecular complexity index is 576. The molecule has 1 heterocycles. The molecule has 2 aromatic rings. The third-order valence-electron chi connectivity index (χ3n) is 3.01. The van der Waals surface area contributed by atoms with Crippen LogP contribution >= 0.6 is 0 Å². The van der Waals surface area contributed by atoms with Crippen molar-refractivity contribution >= 4 is 5.97 Å². The Kier molecular flexibility index (Phi) is 3.42. The van der Waals surface area contributed by atoms with Gasteiger partial charge in [-0.05, 0) is 11.0 Å². The van der Waals surface area contributed by atoms with Crippen molar-refractivity contribution in [3.8, 4) is 11.3 Å². The molecule has 1 aromatic heterocycles. The second kappa shape index (κ2) is 4.88. The number of carbonyl (C=O) groups is 1. The molecule has 100 valence electrons. The van der Waals surface area contributed by atoms with Crippen molar-refractivity contribution in [3.05, 3.63) is 41.7 Å². The Hall–Kier alpha value is -2.10. The minimum atomic E-state index is -0.893. The average Bonchev–Trinajstić information content (AvgIpc) is 2.75. The Labute approximate surface area is 112 Å². The van der Waals surface area contributed by atoms with Crippen molar-refractivity contribution in [2.45, 2.75) is 32.6 Å². The number of aromatic nitrogens is 1. The lowest BCUT2D eigenvalue weighted by Crippen LogP contribution is -2.10. The van der Waals surface area contributed by atoms with Crippen molar-refractivity contribution < 1.29 is 14.4 Å². The van der Waals surface area contributed by atoms with Crippen molar-refractivity contribution in [3.63, 3.8) is 0 Å². The third kappa shape index (κ3) is 3.02. The number of hydrogen-bond acceptors (Lipinski definition) is 3. The minimum absolute atomic E-state index is 0.0835. The lowest BCUT2D eigenvalue weighted by Gasteiger charge is -2.18. The standard InChI is InChI=1S/C15H17NO3/c1-15(2,3)12-6-4-10(5-7-12)14-11(8-13(17)18)9-19-16-14/h4-7,9H,8H2,1-3H3,(H,17,18). The van der Waals surface area contributed by atoms with Crippen LogP contribution in [0.4, 0.5) is 0 Å². The van der Waals surface area contributed by atoms with Crippen LogP contribution in [0.15, 0.2) is 35.1 Å². The fourth-order valence-corrected chi connectivity index (χ4v) is 1.91. The minimum Gasteiger partial charge on any atom is -0.481 e. The van der Waals surface area contributed by atoms with Crippen LogP contribution in [0.2, 0.25) is 0 Å². The molecule has 0 aliphatic heterocycles. The van der Waals surface area contributed by atoms with Crippen molar-refractivity contribution in [2.24, 2.45) is 0 Å². The first kappa shape index (κ1) is 13.3. The van der Waals surface area contributed by atoms with Crippen LogP contribution in [0.5, 0.6) is 0 Å². The largest absolute Gasteiger partial charge is 0.481 e. The summed E-state index contributed by atoms with van der Waals surface area (Å²) in [7, 11) is 0. The van der Waals surface area contributed by atoms with Gasteiger partial charge in [-0.3, -0.25) is 4.79 Å². The molecule has 0 amide bonds. The van der Waals surface area contributed by atoms with Gasteiger partial charge in [-0.2, -0.15) is 0 Å². The summed E-state index contributed by atoms with van der Waals surface area (Å²) in [6.45, 7) is 6.44. The second-order valence-electron chi connectivity index (χ2n) is 5.59. The van der Waals surface area contributed by atoms with E-state index in [2.05, 4.69) is 25.9 Å². The van der Waals surface area contributed by atoms with Gasteiger partial charge in [0.25, 0.3) is 0 Å². The van der Waals surface area contributed by atoms with Gasteiger partial charge in [-0.25, -0.2) is 0 Å². The van der Waals surface area contributed by atoms with Gasteiger partial charge in [-0.1, -0.05) is 50.2 Å². The highest BCUT2D eigenvalue weighted by Crippen LogP contribution is 2.27. The number of benzene rings is 1. The number of carboxylic acid groups (broad SMARTS) is 1. The predicted molar refractivity (Wildman–Crippen MR) is 72.0 cm³/mol. The van der Waals surface area contributed by atoms with E-state index in [1.165, 1.54) is 11.8 Å². The maximum Gasteiger partial charge on any atom is 0.308 e. The number of nitrogens with zero attached hydrogens (tertiary/aromatic N) is 1. The van der Waals surface area contributed by atoms with Gasteiger partial charge in [0, 0.05) is 11.1 Å². The van der Waals surface area contributed by atoms with Gasteiger partial charge in [0.05, 0.1) is 6.42 Å². The number of aliphatic carboxylic acids is 1. The predicted octanol–water partition coefficient (Wildman–Crippen LogP) is 3.27. The molecule has 1 aromatic carbocycles. The van der Waals surface area contributed by atoms with Crippen molar-refractivity contribution in [2.75, 3.05) is 0 Å². The van der Waals surface area contributed by atoms with Gasteiger partial charge in [-0.15, -0.1) is 0 Å². The molecule has 0 spiro atoms. The second-order valence-corrected chi connectivity index (χ2v) is 5.59. The first-order valence-corrected chi connectivity index (χ1v) is 6.14. The van der Waals surface area contributed by atoms with Crippen molar-refractivity contribution in [1.29, 1.82) is 0 Å². The first-order chi connectivity index (χ1) is 8.88. The Morgan fingerprint density at radius 2 is 1.89 bits per heavy atom. The van der Waals surface area contributed by atoms with E-state index in [0.717, 1.165) is 5.56 Å². The summed E-state index contributed by atoms with van der Waals surface area (Å²) < 4.78 is 4.89. The molecule has 4 nitrogen and oxygen atoms in total. The summed E-state index contributed by atoms with van der Waals surface area (Å²) in [5.74, 6) is -0.893. The highest BCUT2D eigenvalue weighted by molar-refractivity contribution is 5.74. The Morgan fingerprint density at radius 3 is 2.42 bits per heavy atom. The number of carboxylic acids is 1. The monoisotopic (exact) mass is 259 g/mol. The Morgan fingerprint density at radius 1 is 1.26 bits per heavy atom. The highest BCUT2D eigenvalue weighted by Gasteiger charge is 2.16. The van der Waals surface area contributed by atoms with Gasteiger partial charge in [0.1, 0.15) is 12.0 Å². The van der Waals surface area contributed by atoms with Crippen molar-refractivity contribution in [1.82, 2.24) is 5.16 Å². The number of rotatable bonds is 3. The lowest BCUT2D eigenvalue weighted by atomic mass is 9.86. The third-order valence-corrected chi connectivity index (χ3v) is 3.01. The molecule has 0 saturated carbocycles. The summed E-state index contributed by atoms with van der Waals surface area (Å²) in [6, 6.07) is 7.97. The van der Waals surface area contributed by atoms with E-state index in [4.69, 9.17) is 9.63 Å². The van der Waals surface area contributed by atoms with E-state index >= 15 is 0 Å². The molecule has 19 heavy (non-hydrogen) atoms. The van der Waals surface area contributed by atoms with Crippen LogP contribution in [-0.4, -0.2) is 16.2 Å². The first-order valence-electron chi connectivity index (χ1n) is 6.14. The summed E-state index contributed by atoms with van der Waals surface area (Å²) >= 11 is 0. The molecule has 1 N–H and O–H groups in total. The summed E-state index contributed by atoms with van der Waals surface area (Å²) in [5, 5.41) is 12.7. The zero-order chi connectivity index (χ0) is 14.0. The lowest BCUT2D eigenvalue weighted by molar-refractivity contribution is -0.136. The molecule has 0 atom stereocenters. The smallest absolute Gasteiger partial charge is 0.308 e. The van der Waals surface area contributed by atoms with Crippen LogP contribution in [0, 0.1) is 0 Å². The van der Waals surface area contributed by atoms with Gasteiger partial charge >= 0.3 is 5.97 Å². The fraction of sp³-hybridized carbons (Fsp3) is 0.333. The van der Waals surface area contributed by atoms with E-state index in [9.17, 15) is 4.79 Å². The molecule has 0 aliphatic carbocycles. The highest BCUT2D eigenvalue weighted by atomic mass is 16.5. The van der Waals surface area contributed by atoms with Gasteiger partial charge in [0.2, 0.25) is 0 Å². The van der Waals surface area contributed by atoms with E-state index in [0.29, 0.717) is 11.3 Å². The van der Waals surface area contributed by atoms with Crippen LogP contribution in [-0.2, 0) is 16.6 Å². The van der Waals surface area contributed by atoms with Crippen LogP contribution in [0.1, 0.15) is 31.9 Å². The topological polar surface area (TPSA) is 63.3 Å². The summed E-state index contributed by atoms with van der Waals surface area (Å²) in [4.78, 5) is 10.8. The van der Waals surface area contributed by atoms with E-state index in [1.54, 1.807) is 0 Å². The molecule has 0 bridgehead atoms. The molecule has 0 aliphatic rings. The summed E-state index contributed by atoms with van der Waals surface area (Å²) in [6.07, 6.45) is 1.31. The number of hydrogen-bond donors (Lipinski definition) is 1. The zero-order valence-electron chi connectivity index (χ0n) is 11.3. The molecule has 0 fully saturated rings. The molecule has 0 saturated heterocycles. The average molecular weight is 259 g/mol. The quantitative estimate of drug-likeness (QED) is 0.918. The maximum atomic E-state index is 10.8. The van der Waals surface area contributed by atoms with Crippen LogP contribution in [0.25, 0.3) is 11.3 Å². The molecule has 2 rings (SSSR count). The van der Waals surface area contributed by atoms with Crippen LogP contribution in [0.3, 0.4) is 0 Å². The molecular formula is C15H17NO3. The van der Waals surface area contributed by atoms with E-state index in [-0.39, 0.29) is 11.8 Å².